The van der Waals surface area contributed by atoms with Gasteiger partial charge in [-0.15, -0.1) is 22.7 Å². The molecule has 12 aromatic rings. The topological polar surface area (TPSA) is 43.9 Å². The lowest BCUT2D eigenvalue weighted by molar-refractivity contribution is 0.662. The van der Waals surface area contributed by atoms with Crippen molar-refractivity contribution >= 4 is 131 Å². The molecule has 7 heteroatoms. The normalized spacial score (nSPS) is 12.2. The summed E-state index contributed by atoms with van der Waals surface area (Å²) in [6.07, 6.45) is 0. The van der Waals surface area contributed by atoms with Crippen LogP contribution in [0.5, 0.6) is 0 Å². The lowest BCUT2D eigenvalue weighted by Crippen LogP contribution is -2.02. The molecule has 4 nitrogen and oxygen atoms in total. The third-order valence-electron chi connectivity index (χ3n) is 10.2. The minimum atomic E-state index is 0. The van der Waals surface area contributed by atoms with E-state index in [-0.39, 0.29) is 13.5 Å². The molecule has 0 N–H and O–H groups in total. The van der Waals surface area contributed by atoms with E-state index in [9.17, 15) is 0 Å². The number of hydrogen-bond donors (Lipinski definition) is 0. The fraction of sp³-hybridized carbons (Fsp3) is 0. The van der Waals surface area contributed by atoms with Gasteiger partial charge in [0, 0.05) is 67.5 Å². The average Bonchev–Trinajstić information content (AvgIpc) is 3.93. The highest BCUT2D eigenvalue weighted by atomic mass is 32.1. The van der Waals surface area contributed by atoms with Crippen molar-refractivity contribution in [3.8, 4) is 17.2 Å². The molecular weight excluding hydrogens is 683 g/mol. The Labute approximate surface area is 305 Å². The molecule has 240 valence electrons. The van der Waals surface area contributed by atoms with Gasteiger partial charge in [-0.25, -0.2) is 9.97 Å². The predicted octanol–water partition coefficient (Wildman–Crippen LogP) is 13.1. The Kier molecular flexibility index (Phi) is 6.06. The first-order chi connectivity index (χ1) is 24.8. The first-order valence-corrected chi connectivity index (χ1v) is 18.3. The zero-order valence-corrected chi connectivity index (χ0v) is 29.5. The zero-order chi connectivity index (χ0) is 32.5. The van der Waals surface area contributed by atoms with E-state index in [0.717, 1.165) is 38.9 Å². The molecule has 0 amide bonds. The molecule has 0 saturated heterocycles. The zero-order valence-electron chi connectivity index (χ0n) is 26.8. The lowest BCUT2D eigenvalue weighted by Gasteiger charge is -2.12. The summed E-state index contributed by atoms with van der Waals surface area (Å²) in [4.78, 5) is 10.8. The Morgan fingerprint density at radius 3 is 1.96 bits per heavy atom. The quantitative estimate of drug-likeness (QED) is 0.180. The van der Waals surface area contributed by atoms with E-state index < -0.39 is 0 Å². The van der Waals surface area contributed by atoms with E-state index in [0.29, 0.717) is 11.4 Å². The number of para-hydroxylation sites is 2. The van der Waals surface area contributed by atoms with E-state index in [4.69, 9.17) is 14.4 Å². The number of benzene rings is 7. The van der Waals surface area contributed by atoms with Gasteiger partial charge in [-0.3, -0.25) is 4.57 Å². The fourth-order valence-electron chi connectivity index (χ4n) is 8.11. The molecule has 51 heavy (non-hydrogen) atoms. The van der Waals surface area contributed by atoms with Gasteiger partial charge in [0.2, 0.25) is 0 Å². The molecule has 0 aliphatic heterocycles. The van der Waals surface area contributed by atoms with Crippen molar-refractivity contribution in [1.82, 2.24) is 14.5 Å². The Bertz CT molecular complexity index is 3400. The van der Waals surface area contributed by atoms with Crippen molar-refractivity contribution < 1.29 is 4.42 Å². The first kappa shape index (κ1) is 29.0. The SMILES string of the molecule is S.c1ccc2c(c1)oc1c(-n3c4ccccc4c4c5sc6ccccc6c5c5ccccc5c43)nc(-c3cccc4c3sc3ccccc34)nc12. The summed E-state index contributed by atoms with van der Waals surface area (Å²) in [5, 5.41) is 10.9. The molecule has 7 aromatic carbocycles. The predicted molar refractivity (Wildman–Crippen MR) is 223 cm³/mol. The molecule has 5 aromatic heterocycles. The Morgan fingerprint density at radius 2 is 1.12 bits per heavy atom. The highest BCUT2D eigenvalue weighted by Gasteiger charge is 2.26. The molecular formula is C44H25N3OS3. The average molecular weight is 708 g/mol. The Hall–Kier alpha value is -5.73. The van der Waals surface area contributed by atoms with Crippen LogP contribution in [-0.2, 0) is 0 Å². The van der Waals surface area contributed by atoms with Crippen molar-refractivity contribution in [3.05, 3.63) is 140 Å². The van der Waals surface area contributed by atoms with Gasteiger partial charge >= 0.3 is 0 Å². The second-order valence-corrected chi connectivity index (χ2v) is 15.0. The van der Waals surface area contributed by atoms with E-state index in [1.807, 2.05) is 23.5 Å². The molecule has 0 bridgehead atoms. The van der Waals surface area contributed by atoms with E-state index in [2.05, 4.69) is 132 Å². The number of aromatic nitrogens is 3. The maximum atomic E-state index is 6.74. The fourth-order valence-corrected chi connectivity index (χ4v) is 10.6. The van der Waals surface area contributed by atoms with Crippen LogP contribution in [0.2, 0.25) is 0 Å². The van der Waals surface area contributed by atoms with Crippen molar-refractivity contribution in [2.75, 3.05) is 0 Å². The second kappa shape index (κ2) is 10.6. The second-order valence-electron chi connectivity index (χ2n) is 12.9. The van der Waals surface area contributed by atoms with Crippen LogP contribution < -0.4 is 0 Å². The lowest BCUT2D eigenvalue weighted by atomic mass is 10.00. The van der Waals surface area contributed by atoms with Gasteiger partial charge < -0.3 is 4.42 Å². The van der Waals surface area contributed by atoms with Gasteiger partial charge in [-0.05, 0) is 41.8 Å². The van der Waals surface area contributed by atoms with Crippen LogP contribution in [0.15, 0.2) is 144 Å². The molecule has 0 radical (unpaired) electrons. The maximum absolute atomic E-state index is 6.74. The minimum absolute atomic E-state index is 0. The van der Waals surface area contributed by atoms with E-state index in [1.54, 1.807) is 11.3 Å². The van der Waals surface area contributed by atoms with Gasteiger partial charge in [0.15, 0.2) is 17.2 Å². The third kappa shape index (κ3) is 3.85. The number of nitrogens with zero attached hydrogens (tertiary/aromatic N) is 3. The molecule has 5 heterocycles. The molecule has 0 aliphatic carbocycles. The minimum Gasteiger partial charge on any atom is -0.450 e. The molecule has 0 atom stereocenters. The summed E-state index contributed by atoms with van der Waals surface area (Å²) >= 11 is 3.67. The summed E-state index contributed by atoms with van der Waals surface area (Å²) in [5.74, 6) is 1.44. The van der Waals surface area contributed by atoms with Gasteiger partial charge in [-0.2, -0.15) is 13.5 Å². The van der Waals surface area contributed by atoms with Crippen LogP contribution in [0.25, 0.3) is 112 Å². The van der Waals surface area contributed by atoms with E-state index >= 15 is 0 Å². The standard InChI is InChI=1S/C44H23N3OS2.H2S/c1-2-14-26-25(13-1)36-30-17-6-10-23-35(30)50-42(36)37-28-15-3-7-20-32(28)47(39(26)37)44-40-38(29-16-4-8-21-33(29)48-40)45-43(46-44)31-19-11-18-27-24-12-5-9-22-34(24)49-41(27)31;/h1-23H;1H2. The smallest absolute Gasteiger partial charge is 0.197 e. The van der Waals surface area contributed by atoms with Crippen molar-refractivity contribution in [1.29, 1.82) is 0 Å². The summed E-state index contributed by atoms with van der Waals surface area (Å²) in [6, 6.07) is 49.6. The Morgan fingerprint density at radius 1 is 0.490 bits per heavy atom. The Balaban J connectivity index is 0.00000310. The van der Waals surface area contributed by atoms with Crippen LogP contribution in [-0.4, -0.2) is 14.5 Å². The number of hydrogen-bond acceptors (Lipinski definition) is 5. The molecule has 0 spiro atoms. The van der Waals surface area contributed by atoms with Crippen molar-refractivity contribution in [3.63, 3.8) is 0 Å². The monoisotopic (exact) mass is 707 g/mol. The summed E-state index contributed by atoms with van der Waals surface area (Å²) < 4.78 is 14.1. The van der Waals surface area contributed by atoms with Crippen LogP contribution in [0.3, 0.4) is 0 Å². The molecule has 0 unspecified atom stereocenters. The highest BCUT2D eigenvalue weighted by Crippen LogP contribution is 2.49. The van der Waals surface area contributed by atoms with Crippen molar-refractivity contribution in [2.45, 2.75) is 0 Å². The van der Waals surface area contributed by atoms with Crippen LogP contribution in [0.4, 0.5) is 0 Å². The molecule has 12 rings (SSSR count). The molecule has 0 saturated carbocycles. The van der Waals surface area contributed by atoms with Gasteiger partial charge in [0.1, 0.15) is 11.1 Å². The first-order valence-electron chi connectivity index (χ1n) is 16.7. The van der Waals surface area contributed by atoms with Gasteiger partial charge in [-0.1, -0.05) is 103 Å². The number of furan rings is 1. The maximum Gasteiger partial charge on any atom is 0.197 e. The summed E-state index contributed by atoms with van der Waals surface area (Å²) in [5.41, 5.74) is 5.54. The highest BCUT2D eigenvalue weighted by molar-refractivity contribution is 7.59. The number of rotatable bonds is 2. The van der Waals surface area contributed by atoms with Gasteiger partial charge in [0.05, 0.1) is 11.0 Å². The number of thiophene rings is 2. The number of fused-ring (bicyclic) bond motifs is 16. The van der Waals surface area contributed by atoms with Crippen molar-refractivity contribution in [2.24, 2.45) is 0 Å². The third-order valence-corrected chi connectivity index (χ3v) is 12.6. The summed E-state index contributed by atoms with van der Waals surface area (Å²) in [7, 11) is 0. The van der Waals surface area contributed by atoms with Crippen LogP contribution >= 0.6 is 36.2 Å². The largest absolute Gasteiger partial charge is 0.450 e. The molecule has 0 aliphatic rings. The summed E-state index contributed by atoms with van der Waals surface area (Å²) in [6.45, 7) is 0. The molecule has 0 fully saturated rings. The van der Waals surface area contributed by atoms with Gasteiger partial charge in [0.25, 0.3) is 0 Å². The van der Waals surface area contributed by atoms with Crippen LogP contribution in [0.1, 0.15) is 0 Å². The van der Waals surface area contributed by atoms with Crippen LogP contribution in [0, 0.1) is 0 Å². The van der Waals surface area contributed by atoms with E-state index in [1.165, 1.54) is 61.9 Å².